The summed E-state index contributed by atoms with van der Waals surface area (Å²) in [6.07, 6.45) is 1.58. The van der Waals surface area contributed by atoms with Gasteiger partial charge >= 0.3 is 5.97 Å². The number of carbonyl (C=O) groups is 1. The number of carboxylic acid groups (broad SMARTS) is 1. The first-order chi connectivity index (χ1) is 16.6. The summed E-state index contributed by atoms with van der Waals surface area (Å²) < 4.78 is 21.4. The zero-order valence-corrected chi connectivity index (χ0v) is 18.8. The molecule has 13 nitrogen and oxygen atoms in total. The lowest BCUT2D eigenvalue weighted by atomic mass is 10.2. The number of nitrogens with one attached hydrogen (secondary N) is 1. The van der Waals surface area contributed by atoms with Gasteiger partial charge in [-0.2, -0.15) is 20.1 Å². The summed E-state index contributed by atoms with van der Waals surface area (Å²) in [7, 11) is 1.48. The monoisotopic (exact) mass is 473 g/mol. The number of hydrogen-bond acceptors (Lipinski definition) is 12. The second-order valence-electron chi connectivity index (χ2n) is 7.42. The van der Waals surface area contributed by atoms with Gasteiger partial charge in [0.1, 0.15) is 0 Å². The van der Waals surface area contributed by atoms with E-state index in [2.05, 4.69) is 35.3 Å². The molecule has 1 aromatic carbocycles. The van der Waals surface area contributed by atoms with E-state index in [-0.39, 0.29) is 0 Å². The average molecular weight is 473 g/mol. The van der Waals surface area contributed by atoms with E-state index < -0.39 is 12.6 Å². The smallest absolute Gasteiger partial charge is 0.341 e. The SMILES string of the molecule is COc1cc(/C=N/Nc2nc(N3CCOCC3)nc(N3CCOCC3)n2)ccc1OCC(=O)O. The van der Waals surface area contributed by atoms with Crippen LogP contribution < -0.4 is 24.7 Å². The molecule has 2 fully saturated rings. The van der Waals surface area contributed by atoms with E-state index in [0.29, 0.717) is 87.5 Å². The second-order valence-corrected chi connectivity index (χ2v) is 7.42. The van der Waals surface area contributed by atoms with E-state index in [0.717, 1.165) is 0 Å². The Kier molecular flexibility index (Phi) is 7.88. The number of methoxy groups -OCH3 is 1. The van der Waals surface area contributed by atoms with Crippen molar-refractivity contribution < 1.29 is 28.8 Å². The van der Waals surface area contributed by atoms with Crippen molar-refractivity contribution in [3.05, 3.63) is 23.8 Å². The van der Waals surface area contributed by atoms with Crippen LogP contribution in [0.3, 0.4) is 0 Å². The molecule has 0 bridgehead atoms. The maximum absolute atomic E-state index is 10.7. The third-order valence-corrected chi connectivity index (χ3v) is 5.12. The topological polar surface area (TPSA) is 144 Å². The molecule has 2 N–H and O–H groups in total. The molecule has 2 aliphatic rings. The molecular weight excluding hydrogens is 446 g/mol. The van der Waals surface area contributed by atoms with E-state index in [9.17, 15) is 4.79 Å². The van der Waals surface area contributed by atoms with Crippen molar-refractivity contribution in [3.63, 3.8) is 0 Å². The number of benzene rings is 1. The number of aromatic nitrogens is 3. The van der Waals surface area contributed by atoms with Crippen molar-refractivity contribution in [1.29, 1.82) is 0 Å². The summed E-state index contributed by atoms with van der Waals surface area (Å²) in [4.78, 5) is 28.6. The first-order valence-corrected chi connectivity index (χ1v) is 10.9. The third kappa shape index (κ3) is 6.20. The molecule has 0 amide bonds. The van der Waals surface area contributed by atoms with Gasteiger partial charge in [-0.25, -0.2) is 10.2 Å². The lowest BCUT2D eigenvalue weighted by Gasteiger charge is -2.30. The number of carboxylic acids is 1. The maximum Gasteiger partial charge on any atom is 0.341 e. The number of hydrogen-bond donors (Lipinski definition) is 2. The highest BCUT2D eigenvalue weighted by Gasteiger charge is 2.20. The van der Waals surface area contributed by atoms with Crippen molar-refractivity contribution >= 4 is 30.0 Å². The summed E-state index contributed by atoms with van der Waals surface area (Å²) in [6.45, 7) is 4.82. The first-order valence-electron chi connectivity index (χ1n) is 10.9. The van der Waals surface area contributed by atoms with Gasteiger partial charge in [-0.15, -0.1) is 0 Å². The van der Waals surface area contributed by atoms with Crippen LogP contribution in [0.1, 0.15) is 5.56 Å². The van der Waals surface area contributed by atoms with Crippen LogP contribution in [0, 0.1) is 0 Å². The van der Waals surface area contributed by atoms with Gasteiger partial charge < -0.3 is 33.9 Å². The van der Waals surface area contributed by atoms with Gasteiger partial charge in [0.2, 0.25) is 17.8 Å². The first kappa shape index (κ1) is 23.4. The molecule has 0 unspecified atom stereocenters. The minimum Gasteiger partial charge on any atom is -0.493 e. The van der Waals surface area contributed by atoms with Crippen molar-refractivity contribution in [3.8, 4) is 11.5 Å². The largest absolute Gasteiger partial charge is 0.493 e. The number of anilines is 3. The maximum atomic E-state index is 10.7. The lowest BCUT2D eigenvalue weighted by molar-refractivity contribution is -0.139. The van der Waals surface area contributed by atoms with Crippen molar-refractivity contribution in [2.45, 2.75) is 0 Å². The van der Waals surface area contributed by atoms with Gasteiger partial charge in [-0.1, -0.05) is 0 Å². The number of rotatable bonds is 9. The summed E-state index contributed by atoms with van der Waals surface area (Å²) >= 11 is 0. The van der Waals surface area contributed by atoms with Gasteiger partial charge in [0.15, 0.2) is 18.1 Å². The summed E-state index contributed by atoms with van der Waals surface area (Å²) in [5.74, 6) is 1.12. The van der Waals surface area contributed by atoms with Gasteiger partial charge in [0, 0.05) is 26.2 Å². The lowest BCUT2D eigenvalue weighted by Crippen LogP contribution is -2.40. The normalized spacial score (nSPS) is 16.5. The van der Waals surface area contributed by atoms with E-state index in [1.165, 1.54) is 7.11 Å². The van der Waals surface area contributed by atoms with E-state index in [1.54, 1.807) is 24.4 Å². The molecular formula is C21H27N7O6. The second kappa shape index (κ2) is 11.4. The minimum atomic E-state index is -1.07. The van der Waals surface area contributed by atoms with Gasteiger partial charge in [0.25, 0.3) is 0 Å². The Morgan fingerprint density at radius 1 is 1.06 bits per heavy atom. The Bertz CT molecular complexity index is 973. The van der Waals surface area contributed by atoms with Gasteiger partial charge in [-0.05, 0) is 23.8 Å². The molecule has 0 saturated carbocycles. The molecule has 0 spiro atoms. The zero-order valence-electron chi connectivity index (χ0n) is 18.8. The Hall–Kier alpha value is -3.71. The van der Waals surface area contributed by atoms with Crippen LogP contribution in [0.25, 0.3) is 0 Å². The van der Waals surface area contributed by atoms with Gasteiger partial charge in [0.05, 0.1) is 39.8 Å². The Morgan fingerprint density at radius 2 is 1.68 bits per heavy atom. The summed E-state index contributed by atoms with van der Waals surface area (Å²) in [5.41, 5.74) is 3.60. The standard InChI is InChI=1S/C21H27N7O6/c1-31-17-12-15(2-3-16(17)34-14-18(29)30)13-22-26-19-23-20(27-4-8-32-9-5-27)25-21(24-19)28-6-10-33-11-7-28/h2-3,12-13H,4-11,14H2,1H3,(H,29,30)(H,23,24,25,26)/b22-13+. The minimum absolute atomic E-state index is 0.322. The molecule has 2 saturated heterocycles. The fourth-order valence-corrected chi connectivity index (χ4v) is 3.40. The van der Waals surface area contributed by atoms with Crippen LogP contribution in [-0.4, -0.2) is 98.6 Å². The molecule has 3 heterocycles. The quantitative estimate of drug-likeness (QED) is 0.386. The van der Waals surface area contributed by atoms with Crippen molar-refractivity contribution in [2.24, 2.45) is 5.10 Å². The molecule has 0 atom stereocenters. The zero-order chi connectivity index (χ0) is 23.8. The highest BCUT2D eigenvalue weighted by molar-refractivity contribution is 5.81. The number of aliphatic carboxylic acids is 1. The molecule has 2 aromatic rings. The number of hydrazone groups is 1. The summed E-state index contributed by atoms with van der Waals surface area (Å²) in [6, 6.07) is 5.05. The number of nitrogens with zero attached hydrogens (tertiary/aromatic N) is 6. The molecule has 0 aliphatic carbocycles. The molecule has 34 heavy (non-hydrogen) atoms. The Morgan fingerprint density at radius 3 is 2.24 bits per heavy atom. The fourth-order valence-electron chi connectivity index (χ4n) is 3.40. The predicted molar refractivity (Wildman–Crippen MR) is 123 cm³/mol. The van der Waals surface area contributed by atoms with E-state index in [1.807, 2.05) is 0 Å². The molecule has 4 rings (SSSR count). The Balaban J connectivity index is 1.50. The molecule has 13 heteroatoms. The Labute approximate surface area is 196 Å². The number of morpholine rings is 2. The predicted octanol–water partition coefficient (Wildman–Crippen LogP) is 0.463. The molecule has 2 aliphatic heterocycles. The van der Waals surface area contributed by atoms with Crippen molar-refractivity contribution in [1.82, 2.24) is 15.0 Å². The van der Waals surface area contributed by atoms with Crippen LogP contribution >= 0.6 is 0 Å². The average Bonchev–Trinajstić information content (AvgIpc) is 2.88. The highest BCUT2D eigenvalue weighted by Crippen LogP contribution is 2.27. The van der Waals surface area contributed by atoms with Crippen LogP contribution in [0.4, 0.5) is 17.8 Å². The van der Waals surface area contributed by atoms with Crippen LogP contribution in [0.2, 0.25) is 0 Å². The van der Waals surface area contributed by atoms with E-state index >= 15 is 0 Å². The van der Waals surface area contributed by atoms with Gasteiger partial charge in [-0.3, -0.25) is 0 Å². The van der Waals surface area contributed by atoms with Crippen molar-refractivity contribution in [2.75, 3.05) is 81.5 Å². The van der Waals surface area contributed by atoms with Crippen LogP contribution in [0.15, 0.2) is 23.3 Å². The van der Waals surface area contributed by atoms with Crippen LogP contribution in [0.5, 0.6) is 11.5 Å². The molecule has 0 radical (unpaired) electrons. The van der Waals surface area contributed by atoms with E-state index in [4.69, 9.17) is 24.1 Å². The van der Waals surface area contributed by atoms with Crippen LogP contribution in [-0.2, 0) is 14.3 Å². The highest BCUT2D eigenvalue weighted by atomic mass is 16.5. The fraction of sp³-hybridized carbons (Fsp3) is 0.476. The number of ether oxygens (including phenoxy) is 4. The molecule has 182 valence electrons. The summed E-state index contributed by atoms with van der Waals surface area (Å²) in [5, 5.41) is 13.1. The molecule has 1 aromatic heterocycles. The third-order valence-electron chi connectivity index (χ3n) is 5.12.